The number of nitrogens with one attached hydrogen (secondary N) is 1. The van der Waals surface area contributed by atoms with Crippen LogP contribution in [0.2, 0.25) is 0 Å². The number of nitro groups is 1. The minimum atomic E-state index is -0.520. The van der Waals surface area contributed by atoms with E-state index in [0.29, 0.717) is 13.1 Å². The number of nitrogens with zero attached hydrogens (tertiary/aromatic N) is 5. The van der Waals surface area contributed by atoms with Crippen molar-refractivity contribution in [3.05, 3.63) is 38.4 Å². The monoisotopic (exact) mass is 370 g/mol. The van der Waals surface area contributed by atoms with Crippen molar-refractivity contribution >= 4 is 27.5 Å². The SMILES string of the molecule is CCn1ncc(Br)c1CNC(=O)Cn1cc([N+](=O)[O-])c(C)n1. The molecule has 0 unspecified atom stereocenters. The fourth-order valence-electron chi connectivity index (χ4n) is 1.99. The summed E-state index contributed by atoms with van der Waals surface area (Å²) in [4.78, 5) is 22.1. The zero-order chi connectivity index (χ0) is 16.3. The minimum absolute atomic E-state index is 0.0768. The van der Waals surface area contributed by atoms with Crippen molar-refractivity contribution < 1.29 is 9.72 Å². The third-order valence-corrected chi connectivity index (χ3v) is 3.74. The third kappa shape index (κ3) is 3.50. The molecule has 2 aromatic rings. The van der Waals surface area contributed by atoms with Crippen LogP contribution in [0.15, 0.2) is 16.9 Å². The molecule has 0 aromatic carbocycles. The van der Waals surface area contributed by atoms with Crippen molar-refractivity contribution in [2.45, 2.75) is 33.5 Å². The van der Waals surface area contributed by atoms with Crippen LogP contribution in [-0.2, 0) is 24.4 Å². The molecule has 0 bridgehead atoms. The normalized spacial score (nSPS) is 10.7. The topological polar surface area (TPSA) is 108 Å². The molecule has 0 aliphatic carbocycles. The van der Waals surface area contributed by atoms with Gasteiger partial charge in [0.05, 0.1) is 27.8 Å². The van der Waals surface area contributed by atoms with Crippen LogP contribution < -0.4 is 5.32 Å². The van der Waals surface area contributed by atoms with E-state index >= 15 is 0 Å². The van der Waals surface area contributed by atoms with Gasteiger partial charge in [0.1, 0.15) is 18.4 Å². The molecular weight excluding hydrogens is 356 g/mol. The number of carbonyl (C=O) groups excluding carboxylic acids is 1. The van der Waals surface area contributed by atoms with Gasteiger partial charge < -0.3 is 5.32 Å². The first-order chi connectivity index (χ1) is 10.4. The molecular formula is C12H15BrN6O3. The van der Waals surface area contributed by atoms with Crippen LogP contribution in [0.1, 0.15) is 18.3 Å². The zero-order valence-electron chi connectivity index (χ0n) is 12.1. The summed E-state index contributed by atoms with van der Waals surface area (Å²) in [5.74, 6) is -0.284. The maximum Gasteiger partial charge on any atom is 0.309 e. The summed E-state index contributed by atoms with van der Waals surface area (Å²) in [6.07, 6.45) is 2.92. The van der Waals surface area contributed by atoms with Crippen LogP contribution >= 0.6 is 15.9 Å². The first kappa shape index (κ1) is 16.1. The Morgan fingerprint density at radius 1 is 1.55 bits per heavy atom. The predicted molar refractivity (Wildman–Crippen MR) is 81.1 cm³/mol. The Morgan fingerprint density at radius 2 is 2.27 bits per heavy atom. The standard InChI is InChI=1S/C12H15BrN6O3/c1-3-18-10(9(13)4-15-18)5-14-12(20)7-17-6-11(19(21)22)8(2)16-17/h4,6H,3,5,7H2,1-2H3,(H,14,20). The Kier molecular flexibility index (Phi) is 4.91. The van der Waals surface area contributed by atoms with Crippen molar-refractivity contribution in [3.63, 3.8) is 0 Å². The van der Waals surface area contributed by atoms with E-state index in [-0.39, 0.29) is 23.8 Å². The van der Waals surface area contributed by atoms with Crippen LogP contribution in [0.4, 0.5) is 5.69 Å². The van der Waals surface area contributed by atoms with E-state index in [1.54, 1.807) is 10.9 Å². The fraction of sp³-hybridized carbons (Fsp3) is 0.417. The summed E-state index contributed by atoms with van der Waals surface area (Å²) < 4.78 is 3.85. The summed E-state index contributed by atoms with van der Waals surface area (Å²) in [5, 5.41) is 21.6. The Labute approximate surface area is 134 Å². The molecule has 10 heteroatoms. The van der Waals surface area contributed by atoms with Gasteiger partial charge in [-0.05, 0) is 29.8 Å². The minimum Gasteiger partial charge on any atom is -0.349 e. The molecule has 1 amide bonds. The molecule has 0 atom stereocenters. The lowest BCUT2D eigenvalue weighted by atomic mass is 10.4. The maximum atomic E-state index is 11.9. The molecule has 0 spiro atoms. The second-order valence-corrected chi connectivity index (χ2v) is 5.44. The van der Waals surface area contributed by atoms with Crippen molar-refractivity contribution in [2.75, 3.05) is 0 Å². The highest BCUT2D eigenvalue weighted by molar-refractivity contribution is 9.10. The van der Waals surface area contributed by atoms with Crippen LogP contribution in [0.5, 0.6) is 0 Å². The van der Waals surface area contributed by atoms with Crippen LogP contribution in [0, 0.1) is 17.0 Å². The number of hydrogen-bond donors (Lipinski definition) is 1. The largest absolute Gasteiger partial charge is 0.349 e. The smallest absolute Gasteiger partial charge is 0.309 e. The van der Waals surface area contributed by atoms with Crippen molar-refractivity contribution in [3.8, 4) is 0 Å². The second kappa shape index (κ2) is 6.69. The Hall–Kier alpha value is -2.23. The highest BCUT2D eigenvalue weighted by Crippen LogP contribution is 2.16. The average Bonchev–Trinajstić information content (AvgIpc) is 2.99. The maximum absolute atomic E-state index is 11.9. The van der Waals surface area contributed by atoms with E-state index in [1.165, 1.54) is 17.8 Å². The Balaban J connectivity index is 1.97. The van der Waals surface area contributed by atoms with E-state index < -0.39 is 4.92 Å². The Morgan fingerprint density at radius 3 is 2.86 bits per heavy atom. The lowest BCUT2D eigenvalue weighted by Gasteiger charge is -2.08. The van der Waals surface area contributed by atoms with Gasteiger partial charge >= 0.3 is 5.69 Å². The van der Waals surface area contributed by atoms with Gasteiger partial charge in [-0.2, -0.15) is 10.2 Å². The number of halogens is 1. The summed E-state index contributed by atoms with van der Waals surface area (Å²) in [6, 6.07) is 0. The molecule has 0 saturated carbocycles. The summed E-state index contributed by atoms with van der Waals surface area (Å²) in [6.45, 7) is 4.42. The van der Waals surface area contributed by atoms with Gasteiger partial charge in [0.25, 0.3) is 0 Å². The molecule has 2 rings (SSSR count). The first-order valence-electron chi connectivity index (χ1n) is 6.57. The highest BCUT2D eigenvalue weighted by Gasteiger charge is 2.17. The predicted octanol–water partition coefficient (Wildman–Crippen LogP) is 1.40. The fourth-order valence-corrected chi connectivity index (χ4v) is 2.43. The molecule has 118 valence electrons. The van der Waals surface area contributed by atoms with Gasteiger partial charge in [-0.15, -0.1) is 0 Å². The lowest BCUT2D eigenvalue weighted by Crippen LogP contribution is -2.28. The Bertz CT molecular complexity index is 708. The van der Waals surface area contributed by atoms with Crippen molar-refractivity contribution in [1.82, 2.24) is 24.9 Å². The van der Waals surface area contributed by atoms with E-state index in [4.69, 9.17) is 0 Å². The average molecular weight is 371 g/mol. The van der Waals surface area contributed by atoms with Crippen molar-refractivity contribution in [2.24, 2.45) is 0 Å². The summed E-state index contributed by atoms with van der Waals surface area (Å²) in [5.41, 5.74) is 1.04. The summed E-state index contributed by atoms with van der Waals surface area (Å²) in [7, 11) is 0. The van der Waals surface area contributed by atoms with Crippen LogP contribution in [0.25, 0.3) is 0 Å². The molecule has 22 heavy (non-hydrogen) atoms. The van der Waals surface area contributed by atoms with E-state index in [2.05, 4.69) is 31.4 Å². The molecule has 2 heterocycles. The lowest BCUT2D eigenvalue weighted by molar-refractivity contribution is -0.385. The highest BCUT2D eigenvalue weighted by atomic mass is 79.9. The number of rotatable bonds is 6. The number of amides is 1. The zero-order valence-corrected chi connectivity index (χ0v) is 13.7. The van der Waals surface area contributed by atoms with Gasteiger partial charge in [0.15, 0.2) is 0 Å². The number of hydrogen-bond acceptors (Lipinski definition) is 5. The number of aryl methyl sites for hydroxylation is 2. The molecule has 0 aliphatic heterocycles. The van der Waals surface area contributed by atoms with Gasteiger partial charge in [0.2, 0.25) is 5.91 Å². The third-order valence-electron chi connectivity index (χ3n) is 3.07. The van der Waals surface area contributed by atoms with E-state index in [0.717, 1.165) is 10.2 Å². The van der Waals surface area contributed by atoms with E-state index in [1.807, 2.05) is 6.92 Å². The number of aromatic nitrogens is 4. The molecule has 2 aromatic heterocycles. The molecule has 1 N–H and O–H groups in total. The van der Waals surface area contributed by atoms with Crippen molar-refractivity contribution in [1.29, 1.82) is 0 Å². The van der Waals surface area contributed by atoms with E-state index in [9.17, 15) is 14.9 Å². The molecule has 9 nitrogen and oxygen atoms in total. The molecule has 0 saturated heterocycles. The first-order valence-corrected chi connectivity index (χ1v) is 7.37. The van der Waals surface area contributed by atoms with Gasteiger partial charge in [-0.1, -0.05) is 0 Å². The number of carbonyl (C=O) groups is 1. The molecule has 0 aliphatic rings. The molecule has 0 radical (unpaired) electrons. The second-order valence-electron chi connectivity index (χ2n) is 4.59. The van der Waals surface area contributed by atoms with Crippen LogP contribution in [-0.4, -0.2) is 30.4 Å². The van der Waals surface area contributed by atoms with Gasteiger partial charge in [0, 0.05) is 6.54 Å². The summed E-state index contributed by atoms with van der Waals surface area (Å²) >= 11 is 3.38. The quantitative estimate of drug-likeness (QED) is 0.610. The molecule has 0 fully saturated rings. The van der Waals surface area contributed by atoms with Crippen LogP contribution in [0.3, 0.4) is 0 Å². The van der Waals surface area contributed by atoms with Gasteiger partial charge in [-0.3, -0.25) is 24.3 Å². The van der Waals surface area contributed by atoms with Gasteiger partial charge in [-0.25, -0.2) is 0 Å².